The molecule has 0 amide bonds. The van der Waals surface area contributed by atoms with E-state index in [1.54, 1.807) is 13.8 Å². The second kappa shape index (κ2) is 8.14. The molecule has 0 saturated heterocycles. The maximum absolute atomic E-state index is 12.8. The van der Waals surface area contributed by atoms with Crippen LogP contribution in [-0.2, 0) is 13.6 Å². The highest BCUT2D eigenvalue weighted by molar-refractivity contribution is 7.54. The second-order valence-corrected chi connectivity index (χ2v) is 5.89. The van der Waals surface area contributed by atoms with Crippen molar-refractivity contribution >= 4 is 7.60 Å². The zero-order valence-corrected chi connectivity index (χ0v) is 12.2. The van der Waals surface area contributed by atoms with E-state index < -0.39 is 13.4 Å². The van der Waals surface area contributed by atoms with E-state index in [0.29, 0.717) is 19.8 Å². The van der Waals surface area contributed by atoms with Crippen LogP contribution in [0.4, 0.5) is 0 Å². The van der Waals surface area contributed by atoms with E-state index in [0.717, 1.165) is 5.56 Å². The predicted molar refractivity (Wildman–Crippen MR) is 76.9 cm³/mol. The number of hydrogen-bond acceptors (Lipinski definition) is 4. The van der Waals surface area contributed by atoms with E-state index in [-0.39, 0.29) is 0 Å². The molecule has 1 unspecified atom stereocenters. The molecule has 1 aromatic rings. The van der Waals surface area contributed by atoms with Crippen molar-refractivity contribution in [1.29, 1.82) is 0 Å². The molecule has 1 rings (SSSR count). The molecule has 0 spiro atoms. The first-order valence-corrected chi connectivity index (χ1v) is 7.89. The molecule has 19 heavy (non-hydrogen) atoms. The van der Waals surface area contributed by atoms with Gasteiger partial charge in [0, 0.05) is 0 Å². The third-order valence-corrected chi connectivity index (χ3v) is 4.80. The van der Waals surface area contributed by atoms with Gasteiger partial charge >= 0.3 is 7.60 Å². The maximum atomic E-state index is 12.8. The van der Waals surface area contributed by atoms with Crippen LogP contribution in [-0.4, -0.2) is 19.8 Å². The van der Waals surface area contributed by atoms with Crippen LogP contribution in [0.25, 0.3) is 0 Å². The summed E-state index contributed by atoms with van der Waals surface area (Å²) in [6.07, 6.45) is 5.26. The predicted octanol–water partition coefficient (Wildman–Crippen LogP) is 3.17. The van der Waals surface area contributed by atoms with Crippen molar-refractivity contribution in [3.05, 3.63) is 35.9 Å². The van der Waals surface area contributed by atoms with E-state index in [9.17, 15) is 4.57 Å². The molecular weight excluding hydrogens is 261 g/mol. The zero-order valence-electron chi connectivity index (χ0n) is 11.3. The highest BCUT2D eigenvalue weighted by Gasteiger charge is 2.36. The van der Waals surface area contributed by atoms with Gasteiger partial charge in [0.1, 0.15) is 5.78 Å². The molecule has 1 N–H and O–H groups in total. The second-order valence-electron chi connectivity index (χ2n) is 3.77. The van der Waals surface area contributed by atoms with Crippen LogP contribution in [0.5, 0.6) is 0 Å². The molecule has 0 heterocycles. The minimum atomic E-state index is -3.29. The fourth-order valence-corrected chi connectivity index (χ4v) is 3.69. The third kappa shape index (κ3) is 4.49. The summed E-state index contributed by atoms with van der Waals surface area (Å²) in [5, 5.41) is 3.05. The third-order valence-electron chi connectivity index (χ3n) is 2.45. The lowest BCUT2D eigenvalue weighted by molar-refractivity contribution is 0.208. The highest BCUT2D eigenvalue weighted by Crippen LogP contribution is 2.59. The minimum absolute atomic E-state index is 0.295. The summed E-state index contributed by atoms with van der Waals surface area (Å²) in [5.41, 5.74) is 0.836. The summed E-state index contributed by atoms with van der Waals surface area (Å²) in [7, 11) is -3.29. The van der Waals surface area contributed by atoms with E-state index in [4.69, 9.17) is 15.5 Å². The molecule has 0 aliphatic heterocycles. The average molecular weight is 281 g/mol. The molecule has 1 atom stereocenters. The fourth-order valence-electron chi connectivity index (χ4n) is 1.75. The lowest BCUT2D eigenvalue weighted by Gasteiger charge is -2.26. The molecule has 1 aromatic carbocycles. The normalized spacial score (nSPS) is 12.9. The molecule has 0 aromatic heterocycles. The van der Waals surface area contributed by atoms with E-state index in [2.05, 4.69) is 11.2 Å². The van der Waals surface area contributed by atoms with Gasteiger partial charge in [-0.3, -0.25) is 9.88 Å². The van der Waals surface area contributed by atoms with Gasteiger partial charge in [-0.2, -0.15) is 0 Å². The number of hydrogen-bond donors (Lipinski definition) is 1. The standard InChI is InChI=1S/C14H20NO3P/c1-4-12-15-14(13-10-8-7-9-11-13)19(16,17-5-2)18-6-3/h1,7-11,14-15H,5-6,12H2,2-3H3. The number of benzene rings is 1. The first-order chi connectivity index (χ1) is 9.18. The monoisotopic (exact) mass is 281 g/mol. The van der Waals surface area contributed by atoms with Gasteiger partial charge in [0.2, 0.25) is 0 Å². The van der Waals surface area contributed by atoms with Crippen LogP contribution in [0.2, 0.25) is 0 Å². The van der Waals surface area contributed by atoms with Crippen LogP contribution >= 0.6 is 7.60 Å². The van der Waals surface area contributed by atoms with Gasteiger partial charge in [-0.1, -0.05) is 36.3 Å². The number of rotatable bonds is 8. The summed E-state index contributed by atoms with van der Waals surface area (Å²) < 4.78 is 23.6. The van der Waals surface area contributed by atoms with Crippen molar-refractivity contribution in [3.8, 4) is 12.3 Å². The largest absolute Gasteiger partial charge is 0.351 e. The summed E-state index contributed by atoms with van der Waals surface area (Å²) in [4.78, 5) is 0. The van der Waals surface area contributed by atoms with Crippen molar-refractivity contribution in [2.45, 2.75) is 19.6 Å². The summed E-state index contributed by atoms with van der Waals surface area (Å²) in [5.74, 6) is 1.93. The molecule has 0 fully saturated rings. The lowest BCUT2D eigenvalue weighted by Crippen LogP contribution is -2.23. The zero-order chi connectivity index (χ0) is 14.1. The van der Waals surface area contributed by atoms with Gasteiger partial charge in [-0.15, -0.1) is 6.42 Å². The lowest BCUT2D eigenvalue weighted by atomic mass is 10.2. The molecule has 0 bridgehead atoms. The molecule has 0 saturated carbocycles. The minimum Gasteiger partial charge on any atom is -0.308 e. The maximum Gasteiger partial charge on any atom is 0.351 e. The van der Waals surface area contributed by atoms with Gasteiger partial charge in [-0.25, -0.2) is 0 Å². The van der Waals surface area contributed by atoms with Crippen LogP contribution in [0.3, 0.4) is 0 Å². The molecule has 4 nitrogen and oxygen atoms in total. The molecule has 0 radical (unpaired) electrons. The molecule has 0 aliphatic carbocycles. The van der Waals surface area contributed by atoms with E-state index in [1.807, 2.05) is 30.3 Å². The van der Waals surface area contributed by atoms with Gasteiger partial charge in [0.05, 0.1) is 19.8 Å². The van der Waals surface area contributed by atoms with Crippen molar-refractivity contribution in [3.63, 3.8) is 0 Å². The number of terminal acetylenes is 1. The summed E-state index contributed by atoms with van der Waals surface area (Å²) >= 11 is 0. The van der Waals surface area contributed by atoms with Crippen LogP contribution in [0, 0.1) is 12.3 Å². The first-order valence-electron chi connectivity index (χ1n) is 6.28. The molecule has 5 heteroatoms. The smallest absolute Gasteiger partial charge is 0.308 e. The SMILES string of the molecule is C#CCNC(c1ccccc1)P(=O)(OCC)OCC. The van der Waals surface area contributed by atoms with Gasteiger partial charge in [0.15, 0.2) is 0 Å². The Hall–Kier alpha value is -1.11. The average Bonchev–Trinajstić information content (AvgIpc) is 2.41. The van der Waals surface area contributed by atoms with Crippen LogP contribution in [0.1, 0.15) is 25.2 Å². The van der Waals surface area contributed by atoms with Gasteiger partial charge in [0.25, 0.3) is 0 Å². The topological polar surface area (TPSA) is 47.6 Å². The van der Waals surface area contributed by atoms with E-state index in [1.165, 1.54) is 0 Å². The Kier molecular flexibility index (Phi) is 6.83. The quantitative estimate of drug-likeness (QED) is 0.587. The Morgan fingerprint density at radius 1 is 1.26 bits per heavy atom. The van der Waals surface area contributed by atoms with Crippen LogP contribution < -0.4 is 5.32 Å². The summed E-state index contributed by atoms with van der Waals surface area (Å²) in [6, 6.07) is 9.40. The molecule has 104 valence electrons. The Balaban J connectivity index is 3.07. The first kappa shape index (κ1) is 15.9. The Morgan fingerprint density at radius 2 is 1.84 bits per heavy atom. The fraction of sp³-hybridized carbons (Fsp3) is 0.429. The van der Waals surface area contributed by atoms with Crippen molar-refractivity contribution in [1.82, 2.24) is 5.32 Å². The van der Waals surface area contributed by atoms with Crippen LogP contribution in [0.15, 0.2) is 30.3 Å². The Morgan fingerprint density at radius 3 is 2.32 bits per heavy atom. The van der Waals surface area contributed by atoms with Crippen molar-refractivity contribution in [2.75, 3.05) is 19.8 Å². The Bertz CT molecular complexity index is 446. The summed E-state index contributed by atoms with van der Waals surface area (Å²) in [6.45, 7) is 4.50. The Labute approximate surface area is 115 Å². The number of nitrogens with one attached hydrogen (secondary N) is 1. The highest BCUT2D eigenvalue weighted by atomic mass is 31.2. The molecule has 0 aliphatic rings. The van der Waals surface area contributed by atoms with Gasteiger partial charge < -0.3 is 9.05 Å². The van der Waals surface area contributed by atoms with Crippen molar-refractivity contribution in [2.24, 2.45) is 0 Å². The van der Waals surface area contributed by atoms with Gasteiger partial charge in [-0.05, 0) is 19.4 Å². The molecular formula is C14H20NO3P. The van der Waals surface area contributed by atoms with Crippen molar-refractivity contribution < 1.29 is 13.6 Å². The van der Waals surface area contributed by atoms with E-state index >= 15 is 0 Å².